The Kier molecular flexibility index (Phi) is 4.53. The van der Waals surface area contributed by atoms with Crippen LogP contribution in [0.4, 0.5) is 0 Å². The second kappa shape index (κ2) is 7.12. The lowest BCUT2D eigenvalue weighted by Crippen LogP contribution is -2.25. The third-order valence-corrected chi connectivity index (χ3v) is 4.77. The van der Waals surface area contributed by atoms with Crippen LogP contribution in [-0.2, 0) is 6.42 Å². The van der Waals surface area contributed by atoms with E-state index >= 15 is 0 Å². The van der Waals surface area contributed by atoms with Crippen molar-refractivity contribution < 1.29 is 0 Å². The lowest BCUT2D eigenvalue weighted by Gasteiger charge is -2.19. The van der Waals surface area contributed by atoms with Crippen LogP contribution in [-0.4, -0.2) is 5.84 Å². The molecule has 3 aromatic carbocycles. The number of nitrogens with one attached hydrogen (secondary N) is 1. The molecule has 0 fully saturated rings. The first-order valence-corrected chi connectivity index (χ1v) is 8.85. The molecule has 0 aromatic heterocycles. The summed E-state index contributed by atoms with van der Waals surface area (Å²) in [5.74, 6) is 1.02. The Labute approximate surface area is 153 Å². The highest BCUT2D eigenvalue weighted by atomic mass is 35.5. The third-order valence-electron chi connectivity index (χ3n) is 4.52. The van der Waals surface area contributed by atoms with Crippen molar-refractivity contribution in [2.24, 2.45) is 4.99 Å². The van der Waals surface area contributed by atoms with Gasteiger partial charge in [-0.1, -0.05) is 84.4 Å². The molecule has 3 aromatic rings. The van der Waals surface area contributed by atoms with Crippen molar-refractivity contribution in [2.75, 3.05) is 0 Å². The highest BCUT2D eigenvalue weighted by molar-refractivity contribution is 6.30. The summed E-state index contributed by atoms with van der Waals surface area (Å²) in [5.41, 5.74) is 3.69. The number of hydrogen-bond donors (Lipinski definition) is 1. The van der Waals surface area contributed by atoms with Crippen molar-refractivity contribution in [2.45, 2.75) is 18.5 Å². The Morgan fingerprint density at radius 2 is 1.36 bits per heavy atom. The summed E-state index contributed by atoms with van der Waals surface area (Å²) in [5, 5.41) is 4.39. The molecule has 4 rings (SSSR count). The fourth-order valence-corrected chi connectivity index (χ4v) is 3.40. The Balaban J connectivity index is 1.64. The summed E-state index contributed by atoms with van der Waals surface area (Å²) in [7, 11) is 0. The van der Waals surface area contributed by atoms with Gasteiger partial charge in [0.05, 0.1) is 6.04 Å². The molecule has 2 nitrogen and oxygen atoms in total. The third kappa shape index (κ3) is 3.59. The smallest absolute Gasteiger partial charge is 0.102 e. The van der Waals surface area contributed by atoms with Crippen molar-refractivity contribution >= 4 is 17.4 Å². The van der Waals surface area contributed by atoms with E-state index in [0.29, 0.717) is 0 Å². The first kappa shape index (κ1) is 15.9. The van der Waals surface area contributed by atoms with Gasteiger partial charge < -0.3 is 5.32 Å². The van der Waals surface area contributed by atoms with Gasteiger partial charge in [0.1, 0.15) is 11.9 Å². The molecule has 0 saturated heterocycles. The molecule has 0 amide bonds. The standard InChI is InChI=1S/C22H19ClN2/c23-19-13-11-16(12-14-19)15-20-24-21(17-7-3-1-4-8-17)22(25-20)18-9-5-2-6-10-18/h1-14,21-22H,15H2,(H,24,25)/t21-,22+. The van der Waals surface area contributed by atoms with Gasteiger partial charge in [0, 0.05) is 11.4 Å². The quantitative estimate of drug-likeness (QED) is 0.675. The second-order valence-corrected chi connectivity index (χ2v) is 6.70. The summed E-state index contributed by atoms with van der Waals surface area (Å²) in [6.45, 7) is 0. The van der Waals surface area contributed by atoms with Gasteiger partial charge in [0.2, 0.25) is 0 Å². The molecular weight excluding hydrogens is 328 g/mol. The van der Waals surface area contributed by atoms with Crippen molar-refractivity contribution in [3.63, 3.8) is 0 Å². The number of hydrogen-bond acceptors (Lipinski definition) is 2. The van der Waals surface area contributed by atoms with Crippen LogP contribution in [0.1, 0.15) is 28.8 Å². The maximum Gasteiger partial charge on any atom is 0.102 e. The molecule has 0 saturated carbocycles. The van der Waals surface area contributed by atoms with Crippen molar-refractivity contribution in [1.82, 2.24) is 5.32 Å². The summed E-state index contributed by atoms with van der Waals surface area (Å²) in [6, 6.07) is 29.2. The van der Waals surface area contributed by atoms with E-state index in [1.165, 1.54) is 16.7 Å². The fraction of sp³-hybridized carbons (Fsp3) is 0.136. The predicted octanol–water partition coefficient (Wildman–Crippen LogP) is 5.37. The summed E-state index contributed by atoms with van der Waals surface area (Å²) >= 11 is 5.99. The molecule has 0 bridgehead atoms. The molecule has 1 aliphatic rings. The topological polar surface area (TPSA) is 24.4 Å². The zero-order chi connectivity index (χ0) is 17.1. The van der Waals surface area contributed by atoms with Crippen molar-refractivity contribution in [3.8, 4) is 0 Å². The number of aliphatic imine (C=N–C) groups is 1. The molecular formula is C22H19ClN2. The van der Waals surface area contributed by atoms with Crippen molar-refractivity contribution in [3.05, 3.63) is 107 Å². The largest absolute Gasteiger partial charge is 0.364 e. The summed E-state index contributed by atoms with van der Waals surface area (Å²) in [6.07, 6.45) is 0.782. The molecule has 1 heterocycles. The lowest BCUT2D eigenvalue weighted by atomic mass is 9.95. The fourth-order valence-electron chi connectivity index (χ4n) is 3.27. The highest BCUT2D eigenvalue weighted by Crippen LogP contribution is 2.36. The zero-order valence-corrected chi connectivity index (χ0v) is 14.5. The number of benzene rings is 3. The summed E-state index contributed by atoms with van der Waals surface area (Å²) < 4.78 is 0. The molecule has 2 atom stereocenters. The predicted molar refractivity (Wildman–Crippen MR) is 104 cm³/mol. The lowest BCUT2D eigenvalue weighted by molar-refractivity contribution is 0.572. The Morgan fingerprint density at radius 1 is 0.760 bits per heavy atom. The van der Waals surface area contributed by atoms with Crippen LogP contribution in [0.25, 0.3) is 0 Å². The van der Waals surface area contributed by atoms with Gasteiger partial charge in [0.25, 0.3) is 0 Å². The van der Waals surface area contributed by atoms with E-state index < -0.39 is 0 Å². The SMILES string of the molecule is Clc1ccc(CC2=N[C@H](c3ccccc3)[C@H](c3ccccc3)N2)cc1. The van der Waals surface area contributed by atoms with E-state index in [1.54, 1.807) is 0 Å². The number of halogens is 1. The highest BCUT2D eigenvalue weighted by Gasteiger charge is 2.30. The van der Waals surface area contributed by atoms with Gasteiger partial charge in [-0.05, 0) is 28.8 Å². The van der Waals surface area contributed by atoms with Crippen LogP contribution >= 0.6 is 11.6 Å². The van der Waals surface area contributed by atoms with E-state index in [0.717, 1.165) is 17.3 Å². The molecule has 124 valence electrons. The minimum absolute atomic E-state index is 0.0888. The molecule has 1 aliphatic heterocycles. The van der Waals surface area contributed by atoms with E-state index in [2.05, 4.69) is 66.0 Å². The van der Waals surface area contributed by atoms with Gasteiger partial charge in [-0.15, -0.1) is 0 Å². The van der Waals surface area contributed by atoms with E-state index in [4.69, 9.17) is 16.6 Å². The molecule has 0 unspecified atom stereocenters. The number of nitrogens with zero attached hydrogens (tertiary/aromatic N) is 1. The maximum atomic E-state index is 5.99. The van der Waals surface area contributed by atoms with Crippen LogP contribution in [0.2, 0.25) is 5.02 Å². The van der Waals surface area contributed by atoms with Gasteiger partial charge in [-0.2, -0.15) is 0 Å². The van der Waals surface area contributed by atoms with Crippen LogP contribution in [0.5, 0.6) is 0 Å². The van der Waals surface area contributed by atoms with Gasteiger partial charge in [0.15, 0.2) is 0 Å². The van der Waals surface area contributed by atoms with Gasteiger partial charge >= 0.3 is 0 Å². The molecule has 0 spiro atoms. The zero-order valence-electron chi connectivity index (χ0n) is 13.8. The van der Waals surface area contributed by atoms with Crippen molar-refractivity contribution in [1.29, 1.82) is 0 Å². The number of rotatable bonds is 4. The molecule has 3 heteroatoms. The minimum Gasteiger partial charge on any atom is -0.364 e. The maximum absolute atomic E-state index is 5.99. The van der Waals surface area contributed by atoms with Gasteiger partial charge in [-0.3, -0.25) is 4.99 Å². The van der Waals surface area contributed by atoms with Crippen LogP contribution in [0.15, 0.2) is 89.9 Å². The van der Waals surface area contributed by atoms with Crippen LogP contribution < -0.4 is 5.32 Å². The first-order chi connectivity index (χ1) is 12.3. The Hall–Kier alpha value is -2.58. The van der Waals surface area contributed by atoms with Gasteiger partial charge in [-0.25, -0.2) is 0 Å². The molecule has 0 radical (unpaired) electrons. The second-order valence-electron chi connectivity index (χ2n) is 6.27. The monoisotopic (exact) mass is 346 g/mol. The Morgan fingerprint density at radius 3 is 2.00 bits per heavy atom. The Bertz CT molecular complexity index is 858. The van der Waals surface area contributed by atoms with Crippen LogP contribution in [0, 0.1) is 0 Å². The van der Waals surface area contributed by atoms with Crippen LogP contribution in [0.3, 0.4) is 0 Å². The molecule has 0 aliphatic carbocycles. The van der Waals surface area contributed by atoms with E-state index in [1.807, 2.05) is 24.3 Å². The minimum atomic E-state index is 0.0888. The summed E-state index contributed by atoms with van der Waals surface area (Å²) in [4.78, 5) is 5.01. The average Bonchev–Trinajstić information content (AvgIpc) is 3.09. The molecule has 25 heavy (non-hydrogen) atoms. The molecule has 1 N–H and O–H groups in total. The van der Waals surface area contributed by atoms with E-state index in [-0.39, 0.29) is 12.1 Å². The number of amidine groups is 1. The normalized spacial score (nSPS) is 19.3. The van der Waals surface area contributed by atoms with E-state index in [9.17, 15) is 0 Å². The average molecular weight is 347 g/mol. The first-order valence-electron chi connectivity index (χ1n) is 8.47.